The van der Waals surface area contributed by atoms with Crippen LogP contribution >= 0.6 is 23.5 Å². The summed E-state index contributed by atoms with van der Waals surface area (Å²) in [5, 5.41) is 24.7. The fourth-order valence-electron chi connectivity index (χ4n) is 10.1. The number of hydrogen-bond acceptors (Lipinski definition) is 9. The molecule has 0 bridgehead atoms. The fourth-order valence-corrected chi connectivity index (χ4v) is 12.2. The minimum atomic E-state index is -0.927. The molecule has 1 fully saturated rings. The number of aliphatic hydroxyl groups is 2. The number of rotatable bonds is 34. The Morgan fingerprint density at radius 3 is 2.15 bits per heavy atom. The van der Waals surface area contributed by atoms with Gasteiger partial charge in [0.15, 0.2) is 0 Å². The standard InChI is InChI=1S/C53H81NO6S2/c1-4-7-8-9-10-11-12-13-14-15-16-17-18-26-37-62-50-41-48(54-59-6-3)46-39-42(27-22-24-33-55)45(30-23-25-34-56)51-47-40-43(57-36-38-61-44-28-20-19-21-29-44)31-32-49(47)60-53(50,52(46)51)58-35-5-2/h5,19-21,28-29,31-32,39-40,42,45,50-52,55-56H,2,4,6-18,22-27,30,33-38,41H2,1,3H3. The molecule has 1 heterocycles. The summed E-state index contributed by atoms with van der Waals surface area (Å²) in [5.74, 6) is 3.17. The van der Waals surface area contributed by atoms with E-state index in [9.17, 15) is 10.2 Å². The second-order valence-corrected chi connectivity index (χ2v) is 20.1. The third-order valence-electron chi connectivity index (χ3n) is 13.1. The lowest BCUT2D eigenvalue weighted by molar-refractivity contribution is -0.223. The van der Waals surface area contributed by atoms with Gasteiger partial charge in [0, 0.05) is 41.8 Å². The number of unbranched alkanes of at least 4 members (excludes halogenated alkanes) is 15. The van der Waals surface area contributed by atoms with Gasteiger partial charge in [0.2, 0.25) is 5.79 Å². The van der Waals surface area contributed by atoms with E-state index in [0.717, 1.165) is 67.2 Å². The molecule has 0 aromatic heterocycles. The summed E-state index contributed by atoms with van der Waals surface area (Å²) in [7, 11) is 0. The summed E-state index contributed by atoms with van der Waals surface area (Å²) in [6.07, 6.45) is 29.3. The van der Waals surface area contributed by atoms with Crippen molar-refractivity contribution in [3.63, 3.8) is 0 Å². The van der Waals surface area contributed by atoms with Crippen LogP contribution in [0, 0.1) is 17.8 Å². The maximum Gasteiger partial charge on any atom is 0.230 e. The van der Waals surface area contributed by atoms with Crippen molar-refractivity contribution in [2.24, 2.45) is 22.9 Å². The number of aliphatic hydroxyl groups excluding tert-OH is 2. The van der Waals surface area contributed by atoms with E-state index in [0.29, 0.717) is 26.2 Å². The molecule has 7 nitrogen and oxygen atoms in total. The average Bonchev–Trinajstić information content (AvgIpc) is 3.29. The lowest BCUT2D eigenvalue weighted by atomic mass is 9.56. The van der Waals surface area contributed by atoms with Crippen molar-refractivity contribution in [3.05, 3.63) is 78.4 Å². The van der Waals surface area contributed by atoms with E-state index in [1.807, 2.05) is 30.8 Å². The molecular weight excluding hydrogens is 811 g/mol. The van der Waals surface area contributed by atoms with Crippen molar-refractivity contribution in [1.82, 2.24) is 0 Å². The van der Waals surface area contributed by atoms with Crippen LogP contribution in [-0.4, -0.2) is 71.5 Å². The Hall–Kier alpha value is -2.43. The van der Waals surface area contributed by atoms with Crippen LogP contribution in [0.25, 0.3) is 0 Å². The molecular formula is C53H81NO6S2. The zero-order chi connectivity index (χ0) is 43.7. The van der Waals surface area contributed by atoms with Crippen LogP contribution in [0.3, 0.4) is 0 Å². The molecule has 2 aliphatic carbocycles. The van der Waals surface area contributed by atoms with Crippen molar-refractivity contribution in [2.75, 3.05) is 44.5 Å². The van der Waals surface area contributed by atoms with Gasteiger partial charge < -0.3 is 29.3 Å². The Bertz CT molecular complexity index is 1600. The van der Waals surface area contributed by atoms with E-state index in [1.165, 1.54) is 106 Å². The maximum atomic E-state index is 9.95. The van der Waals surface area contributed by atoms with Gasteiger partial charge in [-0.3, -0.25) is 0 Å². The molecule has 5 rings (SSSR count). The molecule has 0 amide bonds. The number of thioether (sulfide) groups is 2. The lowest BCUT2D eigenvalue weighted by Crippen LogP contribution is -2.64. The van der Waals surface area contributed by atoms with Gasteiger partial charge in [0.25, 0.3) is 0 Å². The summed E-state index contributed by atoms with van der Waals surface area (Å²) in [5.41, 5.74) is 3.36. The van der Waals surface area contributed by atoms with Gasteiger partial charge in [-0.2, -0.15) is 11.8 Å². The minimum absolute atomic E-state index is 0.00334. The number of fused-ring (bicyclic) bond motifs is 2. The highest BCUT2D eigenvalue weighted by Gasteiger charge is 2.64. The van der Waals surface area contributed by atoms with Gasteiger partial charge in [-0.1, -0.05) is 139 Å². The highest BCUT2D eigenvalue weighted by molar-refractivity contribution is 8.00. The van der Waals surface area contributed by atoms with E-state index in [1.54, 1.807) is 11.8 Å². The van der Waals surface area contributed by atoms with Crippen molar-refractivity contribution in [3.8, 4) is 11.5 Å². The van der Waals surface area contributed by atoms with Crippen LogP contribution < -0.4 is 9.47 Å². The summed E-state index contributed by atoms with van der Waals surface area (Å²) in [6, 6.07) is 16.9. The second kappa shape index (κ2) is 29.2. The predicted octanol–water partition coefficient (Wildman–Crippen LogP) is 13.7. The summed E-state index contributed by atoms with van der Waals surface area (Å²) < 4.78 is 21.0. The number of allylic oxidation sites excluding steroid dienone is 1. The molecule has 2 aromatic rings. The number of benzene rings is 2. The van der Waals surface area contributed by atoms with Crippen LogP contribution in [0.1, 0.15) is 160 Å². The molecule has 0 saturated heterocycles. The molecule has 3 aliphatic rings. The molecule has 1 aliphatic heterocycles. The number of oxime groups is 1. The average molecular weight is 892 g/mol. The first-order valence-corrected chi connectivity index (χ1v) is 26.8. The predicted molar refractivity (Wildman–Crippen MR) is 262 cm³/mol. The van der Waals surface area contributed by atoms with Crippen molar-refractivity contribution < 1.29 is 29.3 Å². The minimum Gasteiger partial charge on any atom is -0.493 e. The second-order valence-electron chi connectivity index (χ2n) is 17.6. The maximum absolute atomic E-state index is 9.95. The van der Waals surface area contributed by atoms with Gasteiger partial charge in [-0.05, 0) is 92.5 Å². The Morgan fingerprint density at radius 2 is 1.48 bits per heavy atom. The van der Waals surface area contributed by atoms with Crippen LogP contribution in [0.15, 0.2) is 82.9 Å². The molecule has 6 atom stereocenters. The topological polar surface area (TPSA) is 89.7 Å². The molecule has 346 valence electrons. The van der Waals surface area contributed by atoms with Gasteiger partial charge in [0.05, 0.1) is 30.1 Å². The first-order valence-electron chi connectivity index (χ1n) is 24.7. The first kappa shape index (κ1) is 50.6. The normalized spacial score (nSPS) is 23.3. The van der Waals surface area contributed by atoms with Crippen molar-refractivity contribution in [1.29, 1.82) is 0 Å². The Labute approximate surface area is 384 Å². The van der Waals surface area contributed by atoms with Crippen molar-refractivity contribution >= 4 is 29.2 Å². The van der Waals surface area contributed by atoms with E-state index in [4.69, 9.17) is 24.2 Å². The van der Waals surface area contributed by atoms with Gasteiger partial charge in [-0.15, -0.1) is 18.3 Å². The van der Waals surface area contributed by atoms with Crippen LogP contribution in [0.2, 0.25) is 0 Å². The van der Waals surface area contributed by atoms with E-state index in [2.05, 4.69) is 62.0 Å². The van der Waals surface area contributed by atoms with Crippen LogP contribution in [0.4, 0.5) is 0 Å². The SMILES string of the molecule is C=CCOC12Oc3ccc(OCCSc4ccccc4)cc3C3C(CCCCO)C(CCCCO)C=C(C(=NOCC)CC1SCCCCCCCCCCCCCCCC)C32. The molecule has 0 radical (unpaired) electrons. The van der Waals surface area contributed by atoms with Gasteiger partial charge >= 0.3 is 0 Å². The molecule has 9 heteroatoms. The third kappa shape index (κ3) is 15.1. The summed E-state index contributed by atoms with van der Waals surface area (Å²) >= 11 is 3.79. The largest absolute Gasteiger partial charge is 0.493 e. The molecule has 1 saturated carbocycles. The Morgan fingerprint density at radius 1 is 0.806 bits per heavy atom. The highest BCUT2D eigenvalue weighted by Crippen LogP contribution is 2.62. The summed E-state index contributed by atoms with van der Waals surface area (Å²) in [6.45, 7) is 10.3. The third-order valence-corrected chi connectivity index (χ3v) is 15.5. The van der Waals surface area contributed by atoms with Crippen LogP contribution in [0.5, 0.6) is 11.5 Å². The van der Waals surface area contributed by atoms with Gasteiger partial charge in [-0.25, -0.2) is 0 Å². The number of hydrogen-bond donors (Lipinski definition) is 2. The Balaban J connectivity index is 1.37. The zero-order valence-corrected chi connectivity index (χ0v) is 40.1. The lowest BCUT2D eigenvalue weighted by Gasteiger charge is -2.58. The fraction of sp³-hybridized carbons (Fsp3) is 0.679. The monoisotopic (exact) mass is 892 g/mol. The Kier molecular flexibility index (Phi) is 23.8. The molecule has 6 unspecified atom stereocenters. The molecule has 2 N–H and O–H groups in total. The van der Waals surface area contributed by atoms with Gasteiger partial charge in [0.1, 0.15) is 18.1 Å². The molecule has 62 heavy (non-hydrogen) atoms. The number of nitrogens with zero attached hydrogens (tertiary/aromatic N) is 1. The summed E-state index contributed by atoms with van der Waals surface area (Å²) in [4.78, 5) is 7.15. The quantitative estimate of drug-likeness (QED) is 0.0311. The van der Waals surface area contributed by atoms with E-state index < -0.39 is 5.79 Å². The number of ether oxygens (including phenoxy) is 3. The highest BCUT2D eigenvalue weighted by atomic mass is 32.2. The molecule has 2 aromatic carbocycles. The van der Waals surface area contributed by atoms with E-state index in [-0.39, 0.29) is 42.1 Å². The van der Waals surface area contributed by atoms with Crippen molar-refractivity contribution in [2.45, 2.75) is 171 Å². The smallest absolute Gasteiger partial charge is 0.230 e. The van der Waals surface area contributed by atoms with Crippen LogP contribution in [-0.2, 0) is 9.57 Å². The van der Waals surface area contributed by atoms with E-state index >= 15 is 0 Å². The molecule has 0 spiro atoms. The first-order chi connectivity index (χ1) is 30.6. The zero-order valence-electron chi connectivity index (χ0n) is 38.5.